The Morgan fingerprint density at radius 2 is 2.12 bits per heavy atom. The minimum absolute atomic E-state index is 0.0337. The molecule has 128 valence electrons. The second-order valence-corrected chi connectivity index (χ2v) is 6.44. The number of rotatable bonds is 6. The molecule has 7 nitrogen and oxygen atoms in total. The van der Waals surface area contributed by atoms with Crippen LogP contribution in [-0.2, 0) is 11.2 Å². The summed E-state index contributed by atoms with van der Waals surface area (Å²) in [5.74, 6) is 0.804. The second-order valence-electron chi connectivity index (χ2n) is 5.71. The Balaban J connectivity index is 1.49. The lowest BCUT2D eigenvalue weighted by Crippen LogP contribution is -2.44. The fourth-order valence-electron chi connectivity index (χ4n) is 2.66. The van der Waals surface area contributed by atoms with Crippen LogP contribution in [-0.4, -0.2) is 53.1 Å². The molecule has 0 unspecified atom stereocenters. The Kier molecular flexibility index (Phi) is 5.71. The van der Waals surface area contributed by atoms with E-state index >= 15 is 0 Å². The van der Waals surface area contributed by atoms with Crippen molar-refractivity contribution >= 4 is 22.6 Å². The lowest BCUT2D eigenvalue weighted by Gasteiger charge is -2.31. The van der Waals surface area contributed by atoms with Crippen molar-refractivity contribution in [2.45, 2.75) is 25.3 Å². The highest BCUT2D eigenvalue weighted by Crippen LogP contribution is 2.22. The number of aromatic nitrogens is 3. The summed E-state index contributed by atoms with van der Waals surface area (Å²) in [6, 6.07) is 3.66. The van der Waals surface area contributed by atoms with Gasteiger partial charge < -0.3 is 15.0 Å². The van der Waals surface area contributed by atoms with E-state index in [1.165, 1.54) is 11.5 Å². The zero-order valence-corrected chi connectivity index (χ0v) is 14.5. The van der Waals surface area contributed by atoms with Crippen LogP contribution >= 0.6 is 11.5 Å². The number of pyridine rings is 1. The smallest absolute Gasteiger partial charge is 0.251 e. The average molecular weight is 347 g/mol. The van der Waals surface area contributed by atoms with E-state index in [1.54, 1.807) is 31.6 Å². The molecule has 1 N–H and O–H groups in total. The van der Waals surface area contributed by atoms with Crippen molar-refractivity contribution < 1.29 is 9.53 Å². The lowest BCUT2D eigenvalue weighted by atomic mass is 10.0. The summed E-state index contributed by atoms with van der Waals surface area (Å²) in [7, 11) is 1.68. The molecule has 0 aromatic carbocycles. The van der Waals surface area contributed by atoms with Crippen LogP contribution in [0.2, 0.25) is 0 Å². The number of amides is 1. The van der Waals surface area contributed by atoms with Crippen LogP contribution in [0.15, 0.2) is 24.5 Å². The van der Waals surface area contributed by atoms with E-state index in [1.807, 2.05) is 0 Å². The van der Waals surface area contributed by atoms with Crippen LogP contribution < -0.4 is 10.2 Å². The summed E-state index contributed by atoms with van der Waals surface area (Å²) in [5, 5.41) is 4.06. The number of hydrogen-bond donors (Lipinski definition) is 1. The standard InChI is InChI=1S/C16H21N5O2S/c1-23-11-6-14-19-16(24-20-14)21-9-4-13(5-10-21)18-15(22)12-2-7-17-8-3-12/h2-3,7-8,13H,4-6,9-11H2,1H3,(H,18,22). The number of piperidine rings is 1. The largest absolute Gasteiger partial charge is 0.384 e. The number of carbonyl (C=O) groups excluding carboxylic acids is 1. The van der Waals surface area contributed by atoms with Crippen LogP contribution in [0.25, 0.3) is 0 Å². The molecule has 0 saturated carbocycles. The normalized spacial score (nSPS) is 15.5. The lowest BCUT2D eigenvalue weighted by molar-refractivity contribution is 0.0931. The van der Waals surface area contributed by atoms with Crippen LogP contribution in [0.4, 0.5) is 5.13 Å². The van der Waals surface area contributed by atoms with E-state index in [4.69, 9.17) is 4.74 Å². The number of carbonyl (C=O) groups is 1. The second kappa shape index (κ2) is 8.16. The van der Waals surface area contributed by atoms with Crippen LogP contribution in [0.1, 0.15) is 29.0 Å². The van der Waals surface area contributed by atoms with Gasteiger partial charge >= 0.3 is 0 Å². The zero-order chi connectivity index (χ0) is 16.8. The molecule has 8 heteroatoms. The molecule has 1 saturated heterocycles. The molecule has 2 aromatic rings. The fraction of sp³-hybridized carbons (Fsp3) is 0.500. The maximum absolute atomic E-state index is 12.2. The molecular weight excluding hydrogens is 326 g/mol. The molecular formula is C16H21N5O2S. The molecule has 0 radical (unpaired) electrons. The molecule has 1 amide bonds. The molecule has 1 aliphatic rings. The zero-order valence-electron chi connectivity index (χ0n) is 13.6. The Bertz CT molecular complexity index is 655. The summed E-state index contributed by atoms with van der Waals surface area (Å²) in [4.78, 5) is 22.9. The summed E-state index contributed by atoms with van der Waals surface area (Å²) < 4.78 is 9.42. The molecule has 1 aliphatic heterocycles. The van der Waals surface area contributed by atoms with Crippen molar-refractivity contribution in [2.75, 3.05) is 31.7 Å². The third-order valence-corrected chi connectivity index (χ3v) is 4.85. The summed E-state index contributed by atoms with van der Waals surface area (Å²) in [6.07, 6.45) is 5.82. The highest BCUT2D eigenvalue weighted by atomic mass is 32.1. The first kappa shape index (κ1) is 16.8. The van der Waals surface area contributed by atoms with Gasteiger partial charge in [-0.1, -0.05) is 0 Å². The first-order chi connectivity index (χ1) is 11.8. The molecule has 1 fully saturated rings. The van der Waals surface area contributed by atoms with Gasteiger partial charge in [0.05, 0.1) is 6.61 Å². The predicted molar refractivity (Wildman–Crippen MR) is 92.4 cm³/mol. The Labute approximate surface area is 145 Å². The summed E-state index contributed by atoms with van der Waals surface area (Å²) >= 11 is 1.43. The van der Waals surface area contributed by atoms with E-state index in [2.05, 4.69) is 24.6 Å². The summed E-state index contributed by atoms with van der Waals surface area (Å²) in [6.45, 7) is 2.39. The third-order valence-electron chi connectivity index (χ3n) is 4.03. The third kappa shape index (κ3) is 4.27. The fourth-order valence-corrected chi connectivity index (χ4v) is 3.42. The number of nitrogens with one attached hydrogen (secondary N) is 1. The molecule has 0 spiro atoms. The minimum Gasteiger partial charge on any atom is -0.384 e. The number of ether oxygens (including phenoxy) is 1. The number of nitrogens with zero attached hydrogens (tertiary/aromatic N) is 4. The van der Waals surface area contributed by atoms with Gasteiger partial charge in [-0.25, -0.2) is 4.98 Å². The molecule has 0 atom stereocenters. The Hall–Kier alpha value is -2.06. The Morgan fingerprint density at radius 1 is 1.38 bits per heavy atom. The average Bonchev–Trinajstić information content (AvgIpc) is 3.10. The van der Waals surface area contributed by atoms with E-state index in [0.717, 1.165) is 43.3 Å². The van der Waals surface area contributed by atoms with Crippen molar-refractivity contribution in [3.05, 3.63) is 35.9 Å². The van der Waals surface area contributed by atoms with Gasteiger partial charge in [-0.15, -0.1) is 0 Å². The monoisotopic (exact) mass is 347 g/mol. The topological polar surface area (TPSA) is 80.2 Å². The molecule has 0 aliphatic carbocycles. The van der Waals surface area contributed by atoms with Gasteiger partial charge in [0, 0.05) is 62.2 Å². The number of hydrogen-bond acceptors (Lipinski definition) is 7. The van der Waals surface area contributed by atoms with Crippen molar-refractivity contribution in [1.29, 1.82) is 0 Å². The van der Waals surface area contributed by atoms with E-state index in [9.17, 15) is 4.79 Å². The molecule has 3 heterocycles. The van der Waals surface area contributed by atoms with E-state index in [0.29, 0.717) is 12.2 Å². The van der Waals surface area contributed by atoms with Crippen LogP contribution in [0.5, 0.6) is 0 Å². The van der Waals surface area contributed by atoms with E-state index < -0.39 is 0 Å². The predicted octanol–water partition coefficient (Wildman–Crippen LogP) is 1.52. The van der Waals surface area contributed by atoms with Crippen molar-refractivity contribution in [1.82, 2.24) is 19.7 Å². The van der Waals surface area contributed by atoms with Crippen molar-refractivity contribution in [3.8, 4) is 0 Å². The Morgan fingerprint density at radius 3 is 2.83 bits per heavy atom. The first-order valence-electron chi connectivity index (χ1n) is 8.03. The van der Waals surface area contributed by atoms with Gasteiger partial charge in [-0.3, -0.25) is 9.78 Å². The molecule has 24 heavy (non-hydrogen) atoms. The highest BCUT2D eigenvalue weighted by Gasteiger charge is 2.23. The van der Waals surface area contributed by atoms with Crippen LogP contribution in [0.3, 0.4) is 0 Å². The summed E-state index contributed by atoms with van der Waals surface area (Å²) in [5.41, 5.74) is 0.652. The van der Waals surface area contributed by atoms with Crippen molar-refractivity contribution in [2.24, 2.45) is 0 Å². The SMILES string of the molecule is COCCc1nsc(N2CCC(NC(=O)c3ccncc3)CC2)n1. The van der Waals surface area contributed by atoms with Crippen LogP contribution in [0, 0.1) is 0 Å². The van der Waals surface area contributed by atoms with Gasteiger partial charge in [0.2, 0.25) is 5.13 Å². The highest BCUT2D eigenvalue weighted by molar-refractivity contribution is 7.09. The first-order valence-corrected chi connectivity index (χ1v) is 8.81. The molecule has 2 aromatic heterocycles. The maximum atomic E-state index is 12.2. The maximum Gasteiger partial charge on any atom is 0.251 e. The van der Waals surface area contributed by atoms with E-state index in [-0.39, 0.29) is 11.9 Å². The van der Waals surface area contributed by atoms with Gasteiger partial charge in [0.25, 0.3) is 5.91 Å². The molecule has 0 bridgehead atoms. The van der Waals surface area contributed by atoms with Gasteiger partial charge in [0.1, 0.15) is 5.82 Å². The minimum atomic E-state index is -0.0337. The number of methoxy groups -OCH3 is 1. The van der Waals surface area contributed by atoms with Gasteiger partial charge in [-0.05, 0) is 25.0 Å². The van der Waals surface area contributed by atoms with Gasteiger partial charge in [0.15, 0.2) is 0 Å². The number of anilines is 1. The quantitative estimate of drug-likeness (QED) is 0.853. The van der Waals surface area contributed by atoms with Crippen molar-refractivity contribution in [3.63, 3.8) is 0 Å². The molecule has 3 rings (SSSR count). The van der Waals surface area contributed by atoms with Gasteiger partial charge in [-0.2, -0.15) is 4.37 Å².